The Kier molecular flexibility index (Phi) is 6.32. The van der Waals surface area contributed by atoms with Gasteiger partial charge in [-0.3, -0.25) is 19.8 Å². The number of carbonyl (C=O) groups excluding carboxylic acids is 1. The topological polar surface area (TPSA) is 97.4 Å². The summed E-state index contributed by atoms with van der Waals surface area (Å²) >= 11 is 0. The first-order valence-electron chi connectivity index (χ1n) is 11.4. The Morgan fingerprint density at radius 2 is 1.57 bits per heavy atom. The molecule has 0 aliphatic carbocycles. The first kappa shape index (κ1) is 22.4. The third-order valence-corrected chi connectivity index (χ3v) is 6.02. The normalized spacial score (nSPS) is 14.1. The number of hydrogen-bond donors (Lipinski definition) is 0. The SMILES string of the molecule is O=C(c1nc(-c2ccccc2)n(-c2ccccc2)n1)N1CCN(Cc2cccc([N+](=O)[O-])c2)CC1. The molecule has 1 aromatic heterocycles. The van der Waals surface area contributed by atoms with Gasteiger partial charge in [0.1, 0.15) is 0 Å². The van der Waals surface area contributed by atoms with Gasteiger partial charge in [0.25, 0.3) is 11.6 Å². The molecule has 9 heteroatoms. The summed E-state index contributed by atoms with van der Waals surface area (Å²) in [4.78, 5) is 32.5. The van der Waals surface area contributed by atoms with Crippen molar-refractivity contribution in [1.29, 1.82) is 0 Å². The molecule has 0 bridgehead atoms. The van der Waals surface area contributed by atoms with Crippen molar-refractivity contribution >= 4 is 11.6 Å². The van der Waals surface area contributed by atoms with Gasteiger partial charge in [-0.05, 0) is 17.7 Å². The Labute approximate surface area is 202 Å². The number of hydrogen-bond acceptors (Lipinski definition) is 6. The van der Waals surface area contributed by atoms with Gasteiger partial charge >= 0.3 is 0 Å². The number of para-hydroxylation sites is 1. The summed E-state index contributed by atoms with van der Waals surface area (Å²) in [5.41, 5.74) is 2.68. The molecule has 1 aliphatic rings. The molecular weight excluding hydrogens is 444 g/mol. The van der Waals surface area contributed by atoms with E-state index in [2.05, 4.69) is 15.0 Å². The van der Waals surface area contributed by atoms with Gasteiger partial charge in [0.05, 0.1) is 10.6 Å². The van der Waals surface area contributed by atoms with Crippen LogP contribution in [0.5, 0.6) is 0 Å². The Balaban J connectivity index is 1.31. The predicted octanol–water partition coefficient (Wildman–Crippen LogP) is 3.80. The number of nitrogens with zero attached hydrogens (tertiary/aromatic N) is 6. The van der Waals surface area contributed by atoms with Crippen molar-refractivity contribution in [3.8, 4) is 17.1 Å². The van der Waals surface area contributed by atoms with Crippen LogP contribution in [0.1, 0.15) is 16.2 Å². The fourth-order valence-corrected chi connectivity index (χ4v) is 4.20. The molecule has 1 fully saturated rings. The number of nitro benzene ring substituents is 1. The van der Waals surface area contributed by atoms with Crippen molar-refractivity contribution in [2.75, 3.05) is 26.2 Å². The van der Waals surface area contributed by atoms with E-state index >= 15 is 0 Å². The van der Waals surface area contributed by atoms with Gasteiger partial charge in [-0.1, -0.05) is 60.7 Å². The minimum absolute atomic E-state index is 0.0885. The van der Waals surface area contributed by atoms with Gasteiger partial charge in [-0.2, -0.15) is 0 Å². The molecule has 2 heterocycles. The average molecular weight is 469 g/mol. The van der Waals surface area contributed by atoms with Crippen molar-refractivity contribution < 1.29 is 9.72 Å². The second-order valence-electron chi connectivity index (χ2n) is 8.37. The van der Waals surface area contributed by atoms with E-state index in [1.807, 2.05) is 66.7 Å². The lowest BCUT2D eigenvalue weighted by atomic mass is 10.1. The van der Waals surface area contributed by atoms with E-state index in [4.69, 9.17) is 0 Å². The van der Waals surface area contributed by atoms with E-state index < -0.39 is 0 Å². The highest BCUT2D eigenvalue weighted by molar-refractivity contribution is 5.91. The lowest BCUT2D eigenvalue weighted by Gasteiger charge is -2.34. The number of benzene rings is 3. The molecular formula is C26H24N6O3. The summed E-state index contributed by atoms with van der Waals surface area (Å²) in [6, 6.07) is 26.0. The molecule has 0 saturated carbocycles. The van der Waals surface area contributed by atoms with Crippen LogP contribution in [0, 0.1) is 10.1 Å². The fraction of sp³-hybridized carbons (Fsp3) is 0.192. The maximum absolute atomic E-state index is 13.3. The van der Waals surface area contributed by atoms with Crippen molar-refractivity contribution in [2.24, 2.45) is 0 Å². The molecule has 1 amide bonds. The number of carbonyl (C=O) groups is 1. The number of aromatic nitrogens is 3. The van der Waals surface area contributed by atoms with Crippen LogP contribution in [0.2, 0.25) is 0 Å². The summed E-state index contributed by atoms with van der Waals surface area (Å²) < 4.78 is 1.71. The van der Waals surface area contributed by atoms with Crippen LogP contribution in [0.4, 0.5) is 5.69 Å². The molecule has 0 unspecified atom stereocenters. The van der Waals surface area contributed by atoms with Gasteiger partial charge in [-0.25, -0.2) is 9.67 Å². The molecule has 176 valence electrons. The molecule has 1 saturated heterocycles. The second kappa shape index (κ2) is 9.86. The Bertz CT molecular complexity index is 1270. The van der Waals surface area contributed by atoms with Crippen molar-refractivity contribution in [3.63, 3.8) is 0 Å². The van der Waals surface area contributed by atoms with E-state index in [0.717, 1.165) is 16.8 Å². The summed E-state index contributed by atoms with van der Waals surface area (Å²) in [6.07, 6.45) is 0. The van der Waals surface area contributed by atoms with Crippen LogP contribution >= 0.6 is 0 Å². The Morgan fingerprint density at radius 1 is 0.886 bits per heavy atom. The standard InChI is InChI=1S/C26H24N6O3/c33-26(30-16-14-29(15-17-30)19-20-8-7-13-23(18-20)32(34)35)24-27-25(21-9-3-1-4-10-21)31(28-24)22-11-5-2-6-12-22/h1-13,18H,14-17,19H2. The number of nitro groups is 1. The third-order valence-electron chi connectivity index (χ3n) is 6.02. The predicted molar refractivity (Wildman–Crippen MR) is 131 cm³/mol. The van der Waals surface area contributed by atoms with E-state index in [-0.39, 0.29) is 22.3 Å². The maximum Gasteiger partial charge on any atom is 0.293 e. The second-order valence-corrected chi connectivity index (χ2v) is 8.37. The Morgan fingerprint density at radius 3 is 2.26 bits per heavy atom. The highest BCUT2D eigenvalue weighted by Gasteiger charge is 2.27. The lowest BCUT2D eigenvalue weighted by molar-refractivity contribution is -0.384. The fourth-order valence-electron chi connectivity index (χ4n) is 4.20. The molecule has 3 aromatic carbocycles. The smallest absolute Gasteiger partial charge is 0.293 e. The maximum atomic E-state index is 13.3. The van der Waals surface area contributed by atoms with Crippen LogP contribution in [0.25, 0.3) is 17.1 Å². The first-order valence-corrected chi connectivity index (χ1v) is 11.4. The molecule has 0 radical (unpaired) electrons. The largest absolute Gasteiger partial charge is 0.333 e. The zero-order valence-corrected chi connectivity index (χ0v) is 19.0. The average Bonchev–Trinajstić information content (AvgIpc) is 3.36. The van der Waals surface area contributed by atoms with E-state index in [9.17, 15) is 14.9 Å². The molecule has 9 nitrogen and oxygen atoms in total. The van der Waals surface area contributed by atoms with E-state index in [1.165, 1.54) is 6.07 Å². The molecule has 35 heavy (non-hydrogen) atoms. The van der Waals surface area contributed by atoms with Gasteiger partial charge in [0.15, 0.2) is 5.82 Å². The zero-order valence-electron chi connectivity index (χ0n) is 19.0. The highest BCUT2D eigenvalue weighted by Crippen LogP contribution is 2.22. The van der Waals surface area contributed by atoms with Crippen molar-refractivity contribution in [1.82, 2.24) is 24.6 Å². The molecule has 0 spiro atoms. The van der Waals surface area contributed by atoms with Crippen LogP contribution in [0.15, 0.2) is 84.9 Å². The number of piperazine rings is 1. The monoisotopic (exact) mass is 468 g/mol. The van der Waals surface area contributed by atoms with E-state index in [1.54, 1.807) is 21.7 Å². The molecule has 5 rings (SSSR count). The van der Waals surface area contributed by atoms with Crippen molar-refractivity contribution in [3.05, 3.63) is 106 Å². The highest BCUT2D eigenvalue weighted by atomic mass is 16.6. The lowest BCUT2D eigenvalue weighted by Crippen LogP contribution is -2.48. The summed E-state index contributed by atoms with van der Waals surface area (Å²) in [5.74, 6) is 0.580. The van der Waals surface area contributed by atoms with Crippen LogP contribution in [-0.4, -0.2) is 61.6 Å². The summed E-state index contributed by atoms with van der Waals surface area (Å²) in [7, 11) is 0. The van der Waals surface area contributed by atoms with Gasteiger partial charge in [-0.15, -0.1) is 5.10 Å². The minimum atomic E-state index is -0.384. The number of non-ortho nitro benzene ring substituents is 1. The first-order chi connectivity index (χ1) is 17.1. The molecule has 1 aliphatic heterocycles. The quantitative estimate of drug-likeness (QED) is 0.315. The van der Waals surface area contributed by atoms with Crippen LogP contribution in [0.3, 0.4) is 0 Å². The summed E-state index contributed by atoms with van der Waals surface area (Å²) in [6.45, 7) is 3.00. The van der Waals surface area contributed by atoms with Gasteiger partial charge in [0.2, 0.25) is 5.82 Å². The number of rotatable bonds is 6. The zero-order chi connectivity index (χ0) is 24.2. The number of amides is 1. The third kappa shape index (κ3) is 4.95. The van der Waals surface area contributed by atoms with Crippen LogP contribution in [-0.2, 0) is 6.54 Å². The van der Waals surface area contributed by atoms with Gasteiger partial charge < -0.3 is 4.90 Å². The summed E-state index contributed by atoms with van der Waals surface area (Å²) in [5, 5.41) is 15.6. The van der Waals surface area contributed by atoms with Gasteiger partial charge in [0, 0.05) is 50.4 Å². The molecule has 0 N–H and O–H groups in total. The minimum Gasteiger partial charge on any atom is -0.333 e. The Hall–Kier alpha value is -4.37. The van der Waals surface area contributed by atoms with E-state index in [0.29, 0.717) is 38.5 Å². The molecule has 0 atom stereocenters. The van der Waals surface area contributed by atoms with Crippen molar-refractivity contribution in [2.45, 2.75) is 6.54 Å². The molecule has 4 aromatic rings. The van der Waals surface area contributed by atoms with Crippen LogP contribution < -0.4 is 0 Å².